The summed E-state index contributed by atoms with van der Waals surface area (Å²) in [6.45, 7) is 0.417. The van der Waals surface area contributed by atoms with E-state index in [0.29, 0.717) is 12.1 Å². The van der Waals surface area contributed by atoms with Gasteiger partial charge in [-0.25, -0.2) is 9.78 Å². The summed E-state index contributed by atoms with van der Waals surface area (Å²) in [6.07, 6.45) is 0. The second-order valence-corrected chi connectivity index (χ2v) is 4.40. The summed E-state index contributed by atoms with van der Waals surface area (Å²) in [5, 5.41) is 5.77. The molecule has 2 rings (SSSR count). The van der Waals surface area contributed by atoms with E-state index in [4.69, 9.17) is 5.73 Å². The first-order valence-electron chi connectivity index (χ1n) is 5.33. The molecule has 94 valence electrons. The van der Waals surface area contributed by atoms with Crippen LogP contribution in [0.5, 0.6) is 0 Å². The van der Waals surface area contributed by atoms with Crippen molar-refractivity contribution in [3.63, 3.8) is 0 Å². The Bertz CT molecular complexity index is 554. The number of rotatable bonds is 4. The zero-order valence-electron chi connectivity index (χ0n) is 9.84. The Labute approximate surface area is 109 Å². The van der Waals surface area contributed by atoms with E-state index in [2.05, 4.69) is 15.0 Å². The van der Waals surface area contributed by atoms with Crippen molar-refractivity contribution in [2.75, 3.05) is 12.4 Å². The largest absolute Gasteiger partial charge is 0.465 e. The van der Waals surface area contributed by atoms with Crippen molar-refractivity contribution >= 4 is 28.1 Å². The lowest BCUT2D eigenvalue weighted by Gasteiger charge is -2.04. The van der Waals surface area contributed by atoms with Gasteiger partial charge in [0, 0.05) is 17.6 Å². The number of esters is 1. The van der Waals surface area contributed by atoms with Crippen LogP contribution < -0.4 is 11.1 Å². The second-order valence-electron chi connectivity index (χ2n) is 3.55. The number of aromatic nitrogens is 1. The average Bonchev–Trinajstić information content (AvgIpc) is 2.86. The summed E-state index contributed by atoms with van der Waals surface area (Å²) < 4.78 is 4.67. The number of methoxy groups -OCH3 is 1. The highest BCUT2D eigenvalue weighted by molar-refractivity contribution is 7.13. The summed E-state index contributed by atoms with van der Waals surface area (Å²) in [7, 11) is 1.36. The lowest BCUT2D eigenvalue weighted by molar-refractivity contribution is 0.0601. The third-order valence-corrected chi connectivity index (χ3v) is 3.10. The van der Waals surface area contributed by atoms with Gasteiger partial charge >= 0.3 is 5.97 Å². The first-order valence-corrected chi connectivity index (χ1v) is 6.21. The fourth-order valence-corrected chi connectivity index (χ4v) is 2.17. The van der Waals surface area contributed by atoms with Crippen LogP contribution in [0.3, 0.4) is 0 Å². The van der Waals surface area contributed by atoms with Crippen LogP contribution in [0.1, 0.15) is 16.1 Å². The molecule has 0 fully saturated rings. The van der Waals surface area contributed by atoms with E-state index in [1.165, 1.54) is 18.4 Å². The number of anilines is 2. The van der Waals surface area contributed by atoms with E-state index in [-0.39, 0.29) is 5.97 Å². The van der Waals surface area contributed by atoms with Gasteiger partial charge in [-0.3, -0.25) is 0 Å². The van der Waals surface area contributed by atoms with E-state index in [1.807, 2.05) is 11.4 Å². The molecule has 0 atom stereocenters. The number of hydrogen-bond donors (Lipinski definition) is 2. The normalized spacial score (nSPS) is 10.1. The Balaban J connectivity index is 2.16. The number of carbonyl (C=O) groups excluding carboxylic acids is 1. The Morgan fingerprint density at radius 2 is 2.39 bits per heavy atom. The topological polar surface area (TPSA) is 77.2 Å². The molecule has 0 unspecified atom stereocenters. The van der Waals surface area contributed by atoms with Crippen LogP contribution in [0.15, 0.2) is 29.6 Å². The van der Waals surface area contributed by atoms with Gasteiger partial charge in [-0.05, 0) is 18.2 Å². The third-order valence-electron chi connectivity index (χ3n) is 2.30. The highest BCUT2D eigenvalue weighted by atomic mass is 32.1. The number of benzene rings is 1. The van der Waals surface area contributed by atoms with E-state index in [0.717, 1.165) is 16.5 Å². The molecule has 0 aliphatic heterocycles. The molecule has 18 heavy (non-hydrogen) atoms. The van der Waals surface area contributed by atoms with E-state index < -0.39 is 0 Å². The summed E-state index contributed by atoms with van der Waals surface area (Å²) in [5.74, 6) is -0.361. The van der Waals surface area contributed by atoms with Gasteiger partial charge in [0.05, 0.1) is 18.4 Å². The van der Waals surface area contributed by atoms with Crippen LogP contribution in [0.25, 0.3) is 0 Å². The van der Waals surface area contributed by atoms with Gasteiger partial charge in [0.15, 0.2) is 5.13 Å². The monoisotopic (exact) mass is 263 g/mol. The molecule has 0 radical (unpaired) electrons. The zero-order chi connectivity index (χ0) is 13.0. The van der Waals surface area contributed by atoms with E-state index in [1.54, 1.807) is 18.2 Å². The Morgan fingerprint density at radius 1 is 1.56 bits per heavy atom. The number of nitrogens with two attached hydrogens (primary N) is 1. The van der Waals surface area contributed by atoms with Crippen molar-refractivity contribution in [2.24, 2.45) is 5.73 Å². The molecule has 0 spiro atoms. The molecule has 6 heteroatoms. The fourth-order valence-electron chi connectivity index (χ4n) is 1.42. The Morgan fingerprint density at radius 3 is 3.06 bits per heavy atom. The molecular formula is C12H13N3O2S. The Kier molecular flexibility index (Phi) is 3.91. The van der Waals surface area contributed by atoms with Gasteiger partial charge in [-0.2, -0.15) is 0 Å². The molecule has 1 aromatic carbocycles. The fraction of sp³-hybridized carbons (Fsp3) is 0.167. The van der Waals surface area contributed by atoms with Crippen LogP contribution >= 0.6 is 11.3 Å². The van der Waals surface area contributed by atoms with Crippen LogP contribution in [0.2, 0.25) is 0 Å². The number of thiazole rings is 1. The first kappa shape index (κ1) is 12.5. The van der Waals surface area contributed by atoms with E-state index >= 15 is 0 Å². The molecule has 0 saturated carbocycles. The number of hydrogen-bond acceptors (Lipinski definition) is 6. The van der Waals surface area contributed by atoms with Crippen LogP contribution in [0.4, 0.5) is 10.8 Å². The van der Waals surface area contributed by atoms with Crippen molar-refractivity contribution in [3.8, 4) is 0 Å². The minimum absolute atomic E-state index is 0.361. The maximum absolute atomic E-state index is 11.4. The van der Waals surface area contributed by atoms with Crippen LogP contribution in [-0.2, 0) is 11.3 Å². The third kappa shape index (κ3) is 2.85. The highest BCUT2D eigenvalue weighted by Gasteiger charge is 2.06. The lowest BCUT2D eigenvalue weighted by Crippen LogP contribution is -2.02. The average molecular weight is 263 g/mol. The maximum atomic E-state index is 11.4. The highest BCUT2D eigenvalue weighted by Crippen LogP contribution is 2.21. The molecule has 0 saturated heterocycles. The Hall–Kier alpha value is -1.92. The minimum Gasteiger partial charge on any atom is -0.465 e. The van der Waals surface area contributed by atoms with Crippen LogP contribution in [-0.4, -0.2) is 18.1 Å². The summed E-state index contributed by atoms with van der Waals surface area (Å²) in [6, 6.07) is 7.06. The van der Waals surface area contributed by atoms with Gasteiger partial charge < -0.3 is 15.8 Å². The molecule has 0 aliphatic rings. The second kappa shape index (κ2) is 5.61. The molecule has 0 bridgehead atoms. The van der Waals surface area contributed by atoms with E-state index in [9.17, 15) is 4.79 Å². The molecule has 0 aliphatic carbocycles. The van der Waals surface area contributed by atoms with Gasteiger partial charge in [0.1, 0.15) is 0 Å². The number of nitrogens with one attached hydrogen (secondary N) is 1. The van der Waals surface area contributed by atoms with Crippen LogP contribution in [0, 0.1) is 0 Å². The molecule has 3 N–H and O–H groups in total. The van der Waals surface area contributed by atoms with Gasteiger partial charge in [0.25, 0.3) is 0 Å². The molecule has 0 amide bonds. The van der Waals surface area contributed by atoms with Crippen molar-refractivity contribution in [1.29, 1.82) is 0 Å². The first-order chi connectivity index (χ1) is 8.72. The van der Waals surface area contributed by atoms with Gasteiger partial charge in [-0.15, -0.1) is 11.3 Å². The van der Waals surface area contributed by atoms with Crippen molar-refractivity contribution < 1.29 is 9.53 Å². The summed E-state index contributed by atoms with van der Waals surface area (Å²) >= 11 is 1.47. The van der Waals surface area contributed by atoms with Crippen molar-refractivity contribution in [3.05, 3.63) is 40.9 Å². The predicted molar refractivity (Wildman–Crippen MR) is 71.1 cm³/mol. The molecule has 5 nitrogen and oxygen atoms in total. The quantitative estimate of drug-likeness (QED) is 0.826. The number of carbonyl (C=O) groups is 1. The van der Waals surface area contributed by atoms with Crippen molar-refractivity contribution in [1.82, 2.24) is 4.98 Å². The predicted octanol–water partition coefficient (Wildman–Crippen LogP) is 2.13. The standard InChI is InChI=1S/C12H13N3O2S/c1-17-11(16)8-3-2-4-9(5-8)14-12-15-10(6-13)7-18-12/h2-5,7H,6,13H2,1H3,(H,14,15). The maximum Gasteiger partial charge on any atom is 0.337 e. The zero-order valence-corrected chi connectivity index (χ0v) is 10.7. The van der Waals surface area contributed by atoms with Gasteiger partial charge in [0.2, 0.25) is 0 Å². The summed E-state index contributed by atoms with van der Waals surface area (Å²) in [5.41, 5.74) is 7.62. The number of nitrogens with zero attached hydrogens (tertiary/aromatic N) is 1. The smallest absolute Gasteiger partial charge is 0.337 e. The SMILES string of the molecule is COC(=O)c1cccc(Nc2nc(CN)cs2)c1. The van der Waals surface area contributed by atoms with Gasteiger partial charge in [-0.1, -0.05) is 6.07 Å². The number of ether oxygens (including phenoxy) is 1. The summed E-state index contributed by atoms with van der Waals surface area (Å²) in [4.78, 5) is 15.7. The molecule has 1 aromatic heterocycles. The molecule has 2 aromatic rings. The molecule has 1 heterocycles. The molecular weight excluding hydrogens is 250 g/mol. The lowest BCUT2D eigenvalue weighted by atomic mass is 10.2. The minimum atomic E-state index is -0.361. The van der Waals surface area contributed by atoms with Crippen molar-refractivity contribution in [2.45, 2.75) is 6.54 Å².